The van der Waals surface area contributed by atoms with E-state index in [2.05, 4.69) is 223 Å². The molecule has 0 atom stereocenters. The molecule has 0 aliphatic rings. The molecule has 10 rings (SSSR count). The van der Waals surface area contributed by atoms with Crippen LogP contribution in [0, 0.1) is 0 Å². The van der Waals surface area contributed by atoms with E-state index >= 15 is 0 Å². The molecule has 254 valence electrons. The summed E-state index contributed by atoms with van der Waals surface area (Å²) in [4.78, 5) is 2.39. The predicted molar refractivity (Wildman–Crippen MR) is 232 cm³/mol. The third-order valence-corrected chi connectivity index (χ3v) is 10.6. The van der Waals surface area contributed by atoms with Crippen LogP contribution in [0.1, 0.15) is 0 Å². The molecule has 10 aromatic carbocycles. The lowest BCUT2D eigenvalue weighted by molar-refractivity contribution is 1.30. The summed E-state index contributed by atoms with van der Waals surface area (Å²) in [5.41, 5.74) is 10.4. The summed E-state index contributed by atoms with van der Waals surface area (Å²) in [6.45, 7) is 0. The summed E-state index contributed by atoms with van der Waals surface area (Å²) < 4.78 is 0. The summed E-state index contributed by atoms with van der Waals surface area (Å²) in [6.07, 6.45) is 0. The van der Waals surface area contributed by atoms with Gasteiger partial charge in [0.1, 0.15) is 0 Å². The van der Waals surface area contributed by atoms with E-state index in [0.717, 1.165) is 28.4 Å². The fraction of sp³-hybridized carbons (Fsp3) is 0. The van der Waals surface area contributed by atoms with Gasteiger partial charge in [0.15, 0.2) is 0 Å². The number of benzene rings is 10. The van der Waals surface area contributed by atoms with Crippen molar-refractivity contribution in [2.24, 2.45) is 0 Å². The molecule has 0 saturated heterocycles. The lowest BCUT2D eigenvalue weighted by Gasteiger charge is -2.27. The van der Waals surface area contributed by atoms with Crippen molar-refractivity contribution in [2.45, 2.75) is 0 Å². The van der Waals surface area contributed by atoms with Crippen LogP contribution in [0.3, 0.4) is 0 Å². The second kappa shape index (κ2) is 13.4. The van der Waals surface area contributed by atoms with Crippen molar-refractivity contribution in [1.82, 2.24) is 0 Å². The maximum Gasteiger partial charge on any atom is 0.0540 e. The van der Waals surface area contributed by atoms with Crippen LogP contribution in [0.2, 0.25) is 0 Å². The fourth-order valence-corrected chi connectivity index (χ4v) is 8.20. The van der Waals surface area contributed by atoms with Gasteiger partial charge in [-0.3, -0.25) is 0 Å². The summed E-state index contributed by atoms with van der Waals surface area (Å²) in [5.74, 6) is 0. The highest BCUT2D eigenvalue weighted by atomic mass is 15.1. The third kappa shape index (κ3) is 5.53. The fourth-order valence-electron chi connectivity index (χ4n) is 8.20. The Labute approximate surface area is 315 Å². The van der Waals surface area contributed by atoms with Crippen LogP contribution >= 0.6 is 0 Å². The lowest BCUT2D eigenvalue weighted by Crippen LogP contribution is -2.10. The lowest BCUT2D eigenvalue weighted by atomic mass is 9.86. The highest BCUT2D eigenvalue weighted by Gasteiger charge is 2.20. The highest BCUT2D eigenvalue weighted by Crippen LogP contribution is 2.46. The third-order valence-electron chi connectivity index (χ3n) is 10.6. The number of para-hydroxylation sites is 1. The van der Waals surface area contributed by atoms with E-state index in [1.54, 1.807) is 0 Å². The molecular formula is C52H36N2. The number of nitrogens with one attached hydrogen (secondary N) is 1. The van der Waals surface area contributed by atoms with Crippen molar-refractivity contribution in [3.05, 3.63) is 212 Å². The van der Waals surface area contributed by atoms with Gasteiger partial charge < -0.3 is 10.2 Å². The van der Waals surface area contributed by atoms with E-state index in [1.165, 1.54) is 65.3 Å². The first-order valence-corrected chi connectivity index (χ1v) is 18.5. The van der Waals surface area contributed by atoms with E-state index in [9.17, 15) is 0 Å². The molecule has 0 radical (unpaired) electrons. The Morgan fingerprint density at radius 2 is 0.778 bits per heavy atom. The summed E-state index contributed by atoms with van der Waals surface area (Å²) >= 11 is 0. The first-order chi connectivity index (χ1) is 26.8. The molecule has 0 fully saturated rings. The molecule has 0 aromatic heterocycles. The molecule has 0 saturated carbocycles. The Morgan fingerprint density at radius 3 is 1.44 bits per heavy atom. The number of fused-ring (bicyclic) bond motifs is 4. The molecule has 2 nitrogen and oxygen atoms in total. The quantitative estimate of drug-likeness (QED) is 0.168. The van der Waals surface area contributed by atoms with Gasteiger partial charge in [-0.05, 0) is 103 Å². The van der Waals surface area contributed by atoms with Crippen LogP contribution in [0.4, 0.5) is 28.4 Å². The zero-order valence-corrected chi connectivity index (χ0v) is 29.7. The minimum absolute atomic E-state index is 1.06. The molecule has 1 N–H and O–H groups in total. The minimum Gasteiger partial charge on any atom is -0.355 e. The molecule has 0 aliphatic carbocycles. The standard InChI is InChI=1S/C52H36N2/c1-2-23-41(24-3-1)54(50-33-15-19-37-17-5-7-27-44(37)50)42-25-13-21-39(35-42)52-47-30-10-8-28-45(47)51(46-29-9-11-31-48(46)52)38-20-12-22-40(34-38)53-49-32-14-18-36-16-4-6-26-43(36)49/h1-35,53H. The Bertz CT molecular complexity index is 2910. The van der Waals surface area contributed by atoms with Gasteiger partial charge in [0.25, 0.3) is 0 Å². The SMILES string of the molecule is c1ccc(N(c2cccc(-c3c4ccccc4c(-c4cccc(Nc5cccc6ccccc56)c4)c4ccccc34)c2)c2cccc3ccccc23)cc1. The molecule has 54 heavy (non-hydrogen) atoms. The molecule has 0 amide bonds. The van der Waals surface area contributed by atoms with Crippen LogP contribution in [0.25, 0.3) is 65.3 Å². The van der Waals surface area contributed by atoms with Crippen molar-refractivity contribution >= 4 is 71.5 Å². The van der Waals surface area contributed by atoms with Crippen molar-refractivity contribution in [1.29, 1.82) is 0 Å². The first-order valence-electron chi connectivity index (χ1n) is 18.5. The number of hydrogen-bond donors (Lipinski definition) is 1. The maximum atomic E-state index is 3.74. The van der Waals surface area contributed by atoms with Crippen molar-refractivity contribution in [2.75, 3.05) is 10.2 Å². The van der Waals surface area contributed by atoms with Gasteiger partial charge >= 0.3 is 0 Å². The molecule has 0 bridgehead atoms. The molecular weight excluding hydrogens is 653 g/mol. The summed E-state index contributed by atoms with van der Waals surface area (Å²) in [7, 11) is 0. The maximum absolute atomic E-state index is 3.74. The number of anilines is 5. The van der Waals surface area contributed by atoms with Crippen LogP contribution < -0.4 is 10.2 Å². The second-order valence-electron chi connectivity index (χ2n) is 13.8. The van der Waals surface area contributed by atoms with E-state index in [0.29, 0.717) is 0 Å². The van der Waals surface area contributed by atoms with E-state index in [4.69, 9.17) is 0 Å². The molecule has 0 unspecified atom stereocenters. The zero-order chi connectivity index (χ0) is 35.8. The van der Waals surface area contributed by atoms with Gasteiger partial charge in [-0.2, -0.15) is 0 Å². The number of nitrogens with zero attached hydrogens (tertiary/aromatic N) is 1. The van der Waals surface area contributed by atoms with Crippen molar-refractivity contribution < 1.29 is 0 Å². The Kier molecular flexibility index (Phi) is 7.85. The summed E-state index contributed by atoms with van der Waals surface area (Å²) in [6, 6.07) is 76.5. The smallest absolute Gasteiger partial charge is 0.0540 e. The van der Waals surface area contributed by atoms with Crippen LogP contribution in [-0.2, 0) is 0 Å². The minimum atomic E-state index is 1.06. The number of rotatable bonds is 7. The van der Waals surface area contributed by atoms with Gasteiger partial charge in [-0.1, -0.05) is 164 Å². The average molecular weight is 689 g/mol. The Morgan fingerprint density at radius 1 is 0.315 bits per heavy atom. The normalized spacial score (nSPS) is 11.3. The molecule has 0 spiro atoms. The van der Waals surface area contributed by atoms with Gasteiger partial charge in [0, 0.05) is 33.5 Å². The van der Waals surface area contributed by atoms with Crippen LogP contribution in [0.15, 0.2) is 212 Å². The van der Waals surface area contributed by atoms with Crippen molar-refractivity contribution in [3.8, 4) is 22.3 Å². The molecule has 2 heteroatoms. The van der Waals surface area contributed by atoms with Crippen LogP contribution in [0.5, 0.6) is 0 Å². The van der Waals surface area contributed by atoms with Gasteiger partial charge in [0.2, 0.25) is 0 Å². The Balaban J connectivity index is 1.15. The van der Waals surface area contributed by atoms with Gasteiger partial charge in [-0.15, -0.1) is 0 Å². The monoisotopic (exact) mass is 688 g/mol. The Hall–Kier alpha value is -7.16. The number of hydrogen-bond acceptors (Lipinski definition) is 2. The molecule has 0 heterocycles. The van der Waals surface area contributed by atoms with Crippen LogP contribution in [-0.4, -0.2) is 0 Å². The zero-order valence-electron chi connectivity index (χ0n) is 29.7. The average Bonchev–Trinajstić information content (AvgIpc) is 3.24. The second-order valence-corrected chi connectivity index (χ2v) is 13.8. The van der Waals surface area contributed by atoms with E-state index < -0.39 is 0 Å². The van der Waals surface area contributed by atoms with Gasteiger partial charge in [-0.25, -0.2) is 0 Å². The van der Waals surface area contributed by atoms with E-state index in [-0.39, 0.29) is 0 Å². The molecule has 0 aliphatic heterocycles. The largest absolute Gasteiger partial charge is 0.355 e. The predicted octanol–water partition coefficient (Wildman–Crippen LogP) is 14.8. The highest BCUT2D eigenvalue weighted by molar-refractivity contribution is 6.21. The van der Waals surface area contributed by atoms with Gasteiger partial charge in [0.05, 0.1) is 5.69 Å². The topological polar surface area (TPSA) is 15.3 Å². The van der Waals surface area contributed by atoms with E-state index in [1.807, 2.05) is 0 Å². The summed E-state index contributed by atoms with van der Waals surface area (Å²) in [5, 5.41) is 13.5. The van der Waals surface area contributed by atoms with Crippen molar-refractivity contribution in [3.63, 3.8) is 0 Å². The first kappa shape index (κ1) is 31.6. The molecule has 10 aromatic rings.